The summed E-state index contributed by atoms with van der Waals surface area (Å²) in [4.78, 5) is 0. The van der Waals surface area contributed by atoms with Gasteiger partial charge in [-0.2, -0.15) is 0 Å². The van der Waals surface area contributed by atoms with Crippen LogP contribution in [-0.2, 0) is 0 Å². The predicted molar refractivity (Wildman–Crippen MR) is 79.7 cm³/mol. The first-order chi connectivity index (χ1) is 9.26. The molecule has 0 saturated carbocycles. The Labute approximate surface area is 114 Å². The van der Waals surface area contributed by atoms with E-state index >= 15 is 0 Å². The van der Waals surface area contributed by atoms with Crippen molar-refractivity contribution in [1.29, 1.82) is 0 Å². The molecule has 0 spiro atoms. The second kappa shape index (κ2) is 6.50. The summed E-state index contributed by atoms with van der Waals surface area (Å²) in [7, 11) is 0. The minimum absolute atomic E-state index is 0.127. The fourth-order valence-electron chi connectivity index (χ4n) is 2.29. The van der Waals surface area contributed by atoms with Crippen molar-refractivity contribution >= 4 is 0 Å². The van der Waals surface area contributed by atoms with E-state index in [2.05, 4.69) is 31.2 Å². The Kier molecular flexibility index (Phi) is 4.72. The fraction of sp³-hybridized carbons (Fsp3) is 0.294. The Morgan fingerprint density at radius 2 is 1.53 bits per heavy atom. The van der Waals surface area contributed by atoms with E-state index in [-0.39, 0.29) is 5.92 Å². The average Bonchev–Trinajstić information content (AvgIpc) is 2.49. The van der Waals surface area contributed by atoms with Crippen LogP contribution in [0.5, 0.6) is 0 Å². The minimum Gasteiger partial charge on any atom is -0.388 e. The molecule has 2 rings (SSSR count). The van der Waals surface area contributed by atoms with Crippen LogP contribution in [0.1, 0.15) is 25.0 Å². The Bertz CT molecular complexity index is 488. The molecule has 0 amide bonds. The van der Waals surface area contributed by atoms with Crippen molar-refractivity contribution in [2.24, 2.45) is 11.7 Å². The Morgan fingerprint density at radius 1 is 0.947 bits per heavy atom. The zero-order chi connectivity index (χ0) is 13.7. The van der Waals surface area contributed by atoms with Crippen LogP contribution in [0.15, 0.2) is 54.6 Å². The van der Waals surface area contributed by atoms with E-state index in [1.54, 1.807) is 0 Å². The standard InChI is InChI=1S/C17H21NO/c1-2-13(12-18)17(19)16-10-8-15(9-11-16)14-6-4-3-5-7-14/h3-11,13,17,19H,2,12,18H2,1H3. The largest absolute Gasteiger partial charge is 0.388 e. The lowest BCUT2D eigenvalue weighted by atomic mass is 9.92. The van der Waals surface area contributed by atoms with Gasteiger partial charge in [-0.15, -0.1) is 0 Å². The van der Waals surface area contributed by atoms with Gasteiger partial charge in [0.2, 0.25) is 0 Å². The van der Waals surface area contributed by atoms with Crippen LogP contribution in [0.25, 0.3) is 11.1 Å². The highest BCUT2D eigenvalue weighted by atomic mass is 16.3. The molecule has 100 valence electrons. The van der Waals surface area contributed by atoms with Gasteiger partial charge >= 0.3 is 0 Å². The molecule has 0 aliphatic heterocycles. The maximum atomic E-state index is 10.3. The van der Waals surface area contributed by atoms with Gasteiger partial charge in [0.05, 0.1) is 6.10 Å². The summed E-state index contributed by atoms with van der Waals surface area (Å²) in [6.07, 6.45) is 0.415. The molecule has 3 N–H and O–H groups in total. The van der Waals surface area contributed by atoms with Gasteiger partial charge in [0.25, 0.3) is 0 Å². The molecule has 0 bridgehead atoms. The third-order valence-corrected chi connectivity index (χ3v) is 3.63. The van der Waals surface area contributed by atoms with E-state index in [1.807, 2.05) is 30.3 Å². The van der Waals surface area contributed by atoms with E-state index < -0.39 is 6.10 Å². The highest BCUT2D eigenvalue weighted by Crippen LogP contribution is 2.26. The summed E-state index contributed by atoms with van der Waals surface area (Å²) in [5.41, 5.74) is 8.98. The molecule has 2 unspecified atom stereocenters. The zero-order valence-corrected chi connectivity index (χ0v) is 11.3. The highest BCUT2D eigenvalue weighted by molar-refractivity contribution is 5.63. The Morgan fingerprint density at radius 3 is 2.05 bits per heavy atom. The molecule has 0 saturated heterocycles. The first kappa shape index (κ1) is 13.8. The molecule has 0 radical (unpaired) electrons. The van der Waals surface area contributed by atoms with Crippen LogP contribution >= 0.6 is 0 Å². The van der Waals surface area contributed by atoms with E-state index in [0.717, 1.165) is 17.5 Å². The van der Waals surface area contributed by atoms with Gasteiger partial charge in [-0.1, -0.05) is 61.5 Å². The van der Waals surface area contributed by atoms with Crippen LogP contribution in [0.3, 0.4) is 0 Å². The van der Waals surface area contributed by atoms with Gasteiger partial charge in [0.1, 0.15) is 0 Å². The Hall–Kier alpha value is -1.64. The van der Waals surface area contributed by atoms with Gasteiger partial charge in [-0.3, -0.25) is 0 Å². The third-order valence-electron chi connectivity index (χ3n) is 3.63. The second-order valence-electron chi connectivity index (χ2n) is 4.84. The van der Waals surface area contributed by atoms with Gasteiger partial charge in [-0.25, -0.2) is 0 Å². The lowest BCUT2D eigenvalue weighted by molar-refractivity contribution is 0.110. The number of nitrogens with two attached hydrogens (primary N) is 1. The van der Waals surface area contributed by atoms with Crippen molar-refractivity contribution in [2.45, 2.75) is 19.4 Å². The van der Waals surface area contributed by atoms with E-state index in [1.165, 1.54) is 5.56 Å². The van der Waals surface area contributed by atoms with Crippen LogP contribution in [-0.4, -0.2) is 11.7 Å². The summed E-state index contributed by atoms with van der Waals surface area (Å²) in [6.45, 7) is 2.57. The molecule has 0 aliphatic rings. The number of hydrogen-bond donors (Lipinski definition) is 2. The normalized spacial score (nSPS) is 14.1. The van der Waals surface area contributed by atoms with E-state index in [0.29, 0.717) is 6.54 Å². The summed E-state index contributed by atoms with van der Waals surface area (Å²) < 4.78 is 0. The van der Waals surface area contributed by atoms with Gasteiger partial charge < -0.3 is 10.8 Å². The number of rotatable bonds is 5. The molecule has 2 aromatic carbocycles. The van der Waals surface area contributed by atoms with Crippen molar-refractivity contribution in [1.82, 2.24) is 0 Å². The quantitative estimate of drug-likeness (QED) is 0.860. The van der Waals surface area contributed by atoms with Crippen LogP contribution in [0, 0.1) is 5.92 Å². The van der Waals surface area contributed by atoms with Gasteiger partial charge in [0, 0.05) is 5.92 Å². The SMILES string of the molecule is CCC(CN)C(O)c1ccc(-c2ccccc2)cc1. The van der Waals surface area contributed by atoms with Gasteiger partial charge in [0.15, 0.2) is 0 Å². The monoisotopic (exact) mass is 255 g/mol. The molecular weight excluding hydrogens is 234 g/mol. The second-order valence-corrected chi connectivity index (χ2v) is 4.84. The number of hydrogen-bond acceptors (Lipinski definition) is 2. The molecule has 0 aromatic heterocycles. The predicted octanol–water partition coefficient (Wildman–Crippen LogP) is 3.37. The zero-order valence-electron chi connectivity index (χ0n) is 11.3. The lowest BCUT2D eigenvalue weighted by Gasteiger charge is -2.20. The Balaban J connectivity index is 2.19. The van der Waals surface area contributed by atoms with Crippen molar-refractivity contribution in [3.05, 3.63) is 60.2 Å². The maximum Gasteiger partial charge on any atom is 0.0830 e. The van der Waals surface area contributed by atoms with Crippen LogP contribution in [0.2, 0.25) is 0 Å². The van der Waals surface area contributed by atoms with E-state index in [9.17, 15) is 5.11 Å². The maximum absolute atomic E-state index is 10.3. The van der Waals surface area contributed by atoms with Gasteiger partial charge in [-0.05, 0) is 29.7 Å². The lowest BCUT2D eigenvalue weighted by Crippen LogP contribution is -2.21. The van der Waals surface area contributed by atoms with Crippen molar-refractivity contribution in [2.75, 3.05) is 6.54 Å². The third kappa shape index (κ3) is 3.22. The van der Waals surface area contributed by atoms with Crippen LogP contribution < -0.4 is 5.73 Å². The first-order valence-electron chi connectivity index (χ1n) is 6.79. The average molecular weight is 255 g/mol. The topological polar surface area (TPSA) is 46.2 Å². The first-order valence-corrected chi connectivity index (χ1v) is 6.79. The fourth-order valence-corrected chi connectivity index (χ4v) is 2.29. The molecular formula is C17H21NO. The molecule has 0 heterocycles. The molecule has 2 aromatic rings. The molecule has 2 nitrogen and oxygen atoms in total. The molecule has 19 heavy (non-hydrogen) atoms. The van der Waals surface area contributed by atoms with Crippen molar-refractivity contribution in [3.8, 4) is 11.1 Å². The summed E-state index contributed by atoms with van der Waals surface area (Å²) in [5.74, 6) is 0.127. The van der Waals surface area contributed by atoms with Crippen molar-refractivity contribution < 1.29 is 5.11 Å². The smallest absolute Gasteiger partial charge is 0.0830 e. The summed E-state index contributed by atoms with van der Waals surface area (Å²) in [5, 5.41) is 10.3. The molecule has 2 heteroatoms. The summed E-state index contributed by atoms with van der Waals surface area (Å²) >= 11 is 0. The number of aliphatic hydroxyl groups is 1. The van der Waals surface area contributed by atoms with E-state index in [4.69, 9.17) is 5.73 Å². The number of benzene rings is 2. The highest BCUT2D eigenvalue weighted by Gasteiger charge is 2.17. The number of aliphatic hydroxyl groups excluding tert-OH is 1. The molecule has 2 atom stereocenters. The summed E-state index contributed by atoms with van der Waals surface area (Å²) in [6, 6.07) is 18.3. The molecule has 0 fully saturated rings. The molecule has 0 aliphatic carbocycles. The minimum atomic E-state index is -0.472. The van der Waals surface area contributed by atoms with Crippen LogP contribution in [0.4, 0.5) is 0 Å². The van der Waals surface area contributed by atoms with Crippen molar-refractivity contribution in [3.63, 3.8) is 0 Å².